The molecule has 4 nitrogen and oxygen atoms in total. The standard InChI is InChI=1S/C14H16N4S2/c1-7-6-19-11(16-7)5-15-13-12-8(2)9(3)20-14(12)18-10(4)17-13/h6H,5H2,1-4H3,(H,15,17,18). The summed E-state index contributed by atoms with van der Waals surface area (Å²) < 4.78 is 0. The van der Waals surface area contributed by atoms with E-state index in [9.17, 15) is 0 Å². The van der Waals surface area contributed by atoms with Gasteiger partial charge < -0.3 is 5.32 Å². The van der Waals surface area contributed by atoms with Crippen molar-refractivity contribution in [2.75, 3.05) is 5.32 Å². The van der Waals surface area contributed by atoms with E-state index in [1.807, 2.05) is 13.8 Å². The fraction of sp³-hybridized carbons (Fsp3) is 0.357. The Kier molecular flexibility index (Phi) is 3.43. The first-order valence-corrected chi connectivity index (χ1v) is 8.13. The predicted octanol–water partition coefficient (Wildman–Crippen LogP) is 3.99. The zero-order chi connectivity index (χ0) is 14.3. The van der Waals surface area contributed by atoms with Gasteiger partial charge in [0.1, 0.15) is 21.5 Å². The van der Waals surface area contributed by atoms with Crippen molar-refractivity contribution in [1.82, 2.24) is 15.0 Å². The fourth-order valence-corrected chi connectivity index (χ4v) is 3.91. The Balaban J connectivity index is 1.97. The molecule has 0 fully saturated rings. The molecule has 6 heteroatoms. The number of thiazole rings is 1. The van der Waals surface area contributed by atoms with E-state index in [4.69, 9.17) is 0 Å². The van der Waals surface area contributed by atoms with Crippen molar-refractivity contribution in [2.45, 2.75) is 34.2 Å². The summed E-state index contributed by atoms with van der Waals surface area (Å²) in [6, 6.07) is 0. The van der Waals surface area contributed by atoms with E-state index in [1.54, 1.807) is 22.7 Å². The van der Waals surface area contributed by atoms with Crippen molar-refractivity contribution in [3.63, 3.8) is 0 Å². The Morgan fingerprint density at radius 3 is 2.60 bits per heavy atom. The smallest absolute Gasteiger partial charge is 0.139 e. The summed E-state index contributed by atoms with van der Waals surface area (Å²) in [4.78, 5) is 15.9. The number of thiophene rings is 1. The van der Waals surface area contributed by atoms with E-state index in [-0.39, 0.29) is 0 Å². The summed E-state index contributed by atoms with van der Waals surface area (Å²) in [5.74, 6) is 1.72. The van der Waals surface area contributed by atoms with E-state index in [0.717, 1.165) is 32.6 Å². The van der Waals surface area contributed by atoms with Crippen molar-refractivity contribution < 1.29 is 0 Å². The maximum absolute atomic E-state index is 4.56. The summed E-state index contributed by atoms with van der Waals surface area (Å²) in [6.45, 7) is 8.91. The van der Waals surface area contributed by atoms with Gasteiger partial charge >= 0.3 is 0 Å². The third-order valence-corrected chi connectivity index (χ3v) is 5.28. The monoisotopic (exact) mass is 304 g/mol. The maximum atomic E-state index is 4.56. The van der Waals surface area contributed by atoms with Crippen LogP contribution in [0.4, 0.5) is 5.82 Å². The molecular formula is C14H16N4S2. The van der Waals surface area contributed by atoms with Crippen molar-refractivity contribution in [3.8, 4) is 0 Å². The minimum atomic E-state index is 0.707. The average molecular weight is 304 g/mol. The van der Waals surface area contributed by atoms with Crippen molar-refractivity contribution in [3.05, 3.63) is 32.3 Å². The highest BCUT2D eigenvalue weighted by atomic mass is 32.1. The fourth-order valence-electron chi connectivity index (χ4n) is 2.13. The van der Waals surface area contributed by atoms with Gasteiger partial charge in [-0.2, -0.15) is 0 Å². The molecule has 104 valence electrons. The third kappa shape index (κ3) is 2.41. The molecule has 20 heavy (non-hydrogen) atoms. The van der Waals surface area contributed by atoms with Crippen LogP contribution in [0, 0.1) is 27.7 Å². The number of hydrogen-bond acceptors (Lipinski definition) is 6. The zero-order valence-corrected chi connectivity index (χ0v) is 13.6. The van der Waals surface area contributed by atoms with E-state index in [1.165, 1.54) is 10.4 Å². The second kappa shape index (κ2) is 5.10. The lowest BCUT2D eigenvalue weighted by Gasteiger charge is -2.07. The molecule has 0 bridgehead atoms. The molecule has 0 aliphatic rings. The minimum absolute atomic E-state index is 0.707. The minimum Gasteiger partial charge on any atom is -0.363 e. The molecule has 0 amide bonds. The molecule has 3 aromatic rings. The van der Waals surface area contributed by atoms with Gasteiger partial charge in [-0.05, 0) is 33.3 Å². The van der Waals surface area contributed by atoms with Gasteiger partial charge in [-0.1, -0.05) is 0 Å². The number of aryl methyl sites for hydroxylation is 4. The van der Waals surface area contributed by atoms with Crippen LogP contribution in [0.1, 0.15) is 27.0 Å². The number of fused-ring (bicyclic) bond motifs is 1. The molecular weight excluding hydrogens is 288 g/mol. The molecule has 0 aliphatic heterocycles. The molecule has 0 saturated heterocycles. The highest BCUT2D eigenvalue weighted by Crippen LogP contribution is 2.33. The Labute approximate surface area is 125 Å². The molecule has 3 heterocycles. The first-order valence-electron chi connectivity index (χ1n) is 6.44. The summed E-state index contributed by atoms with van der Waals surface area (Å²) in [5, 5.41) is 7.71. The van der Waals surface area contributed by atoms with Crippen LogP contribution >= 0.6 is 22.7 Å². The van der Waals surface area contributed by atoms with E-state index in [2.05, 4.69) is 39.5 Å². The van der Waals surface area contributed by atoms with Crippen LogP contribution in [-0.2, 0) is 6.54 Å². The predicted molar refractivity (Wildman–Crippen MR) is 85.8 cm³/mol. The third-order valence-electron chi connectivity index (χ3n) is 3.21. The lowest BCUT2D eigenvalue weighted by Crippen LogP contribution is -2.03. The molecule has 0 aliphatic carbocycles. The summed E-state index contributed by atoms with van der Waals surface area (Å²) in [6.07, 6.45) is 0. The van der Waals surface area contributed by atoms with Gasteiger partial charge in [0.15, 0.2) is 0 Å². The van der Waals surface area contributed by atoms with Crippen LogP contribution in [0.25, 0.3) is 10.2 Å². The molecule has 3 aromatic heterocycles. The first kappa shape index (κ1) is 13.5. The van der Waals surface area contributed by atoms with Gasteiger partial charge in [-0.3, -0.25) is 0 Å². The van der Waals surface area contributed by atoms with Crippen LogP contribution in [-0.4, -0.2) is 15.0 Å². The summed E-state index contributed by atoms with van der Waals surface area (Å²) in [7, 11) is 0. The van der Waals surface area contributed by atoms with Gasteiger partial charge in [-0.25, -0.2) is 15.0 Å². The lowest BCUT2D eigenvalue weighted by atomic mass is 10.2. The molecule has 0 atom stereocenters. The Morgan fingerprint density at radius 1 is 1.10 bits per heavy atom. The first-order chi connectivity index (χ1) is 9.54. The summed E-state index contributed by atoms with van der Waals surface area (Å²) >= 11 is 3.40. The van der Waals surface area contributed by atoms with Gasteiger partial charge in [-0.15, -0.1) is 22.7 Å². The van der Waals surface area contributed by atoms with Gasteiger partial charge in [0, 0.05) is 16.0 Å². The number of anilines is 1. The van der Waals surface area contributed by atoms with Crippen molar-refractivity contribution >= 4 is 38.7 Å². The van der Waals surface area contributed by atoms with E-state index in [0.29, 0.717) is 6.54 Å². The highest BCUT2D eigenvalue weighted by molar-refractivity contribution is 7.18. The Hall–Kier alpha value is -1.53. The molecule has 3 rings (SSSR count). The SMILES string of the molecule is Cc1csc(CNc2nc(C)nc3sc(C)c(C)c23)n1. The van der Waals surface area contributed by atoms with Crippen molar-refractivity contribution in [2.24, 2.45) is 0 Å². The van der Waals surface area contributed by atoms with Crippen LogP contribution in [0.2, 0.25) is 0 Å². The highest BCUT2D eigenvalue weighted by Gasteiger charge is 2.13. The van der Waals surface area contributed by atoms with Crippen LogP contribution in [0.15, 0.2) is 5.38 Å². The van der Waals surface area contributed by atoms with Gasteiger partial charge in [0.25, 0.3) is 0 Å². The zero-order valence-electron chi connectivity index (χ0n) is 11.9. The van der Waals surface area contributed by atoms with Gasteiger partial charge in [0.2, 0.25) is 0 Å². The van der Waals surface area contributed by atoms with Crippen LogP contribution < -0.4 is 5.32 Å². The van der Waals surface area contributed by atoms with Crippen LogP contribution in [0.3, 0.4) is 0 Å². The largest absolute Gasteiger partial charge is 0.363 e. The second-order valence-electron chi connectivity index (χ2n) is 4.82. The number of nitrogens with zero attached hydrogens (tertiary/aromatic N) is 3. The van der Waals surface area contributed by atoms with Gasteiger partial charge in [0.05, 0.1) is 11.9 Å². The normalized spacial score (nSPS) is 11.2. The maximum Gasteiger partial charge on any atom is 0.139 e. The quantitative estimate of drug-likeness (QED) is 0.795. The molecule has 0 saturated carbocycles. The molecule has 1 N–H and O–H groups in total. The Bertz CT molecular complexity index is 773. The molecule has 0 radical (unpaired) electrons. The molecule has 0 aromatic carbocycles. The number of rotatable bonds is 3. The van der Waals surface area contributed by atoms with E-state index >= 15 is 0 Å². The van der Waals surface area contributed by atoms with E-state index < -0.39 is 0 Å². The molecule has 0 spiro atoms. The summed E-state index contributed by atoms with van der Waals surface area (Å²) in [5.41, 5.74) is 2.33. The second-order valence-corrected chi connectivity index (χ2v) is 6.96. The number of nitrogens with one attached hydrogen (secondary N) is 1. The average Bonchev–Trinajstić information content (AvgIpc) is 2.92. The number of aromatic nitrogens is 3. The number of hydrogen-bond donors (Lipinski definition) is 1. The molecule has 0 unspecified atom stereocenters. The lowest BCUT2D eigenvalue weighted by molar-refractivity contribution is 1.03. The topological polar surface area (TPSA) is 50.7 Å². The van der Waals surface area contributed by atoms with Crippen LogP contribution in [0.5, 0.6) is 0 Å². The van der Waals surface area contributed by atoms with Crippen molar-refractivity contribution in [1.29, 1.82) is 0 Å². The Morgan fingerprint density at radius 2 is 1.90 bits per heavy atom.